The van der Waals surface area contributed by atoms with Crippen LogP contribution in [0.25, 0.3) is 32.9 Å². The van der Waals surface area contributed by atoms with Gasteiger partial charge in [-0.25, -0.2) is 8.78 Å². The zero-order chi connectivity index (χ0) is 30.2. The minimum absolute atomic E-state index is 0.000336. The van der Waals surface area contributed by atoms with Crippen LogP contribution >= 0.6 is 0 Å². The number of aliphatic hydroxyl groups excluding tert-OH is 1. The van der Waals surface area contributed by atoms with Crippen molar-refractivity contribution in [3.63, 3.8) is 0 Å². The minimum Gasteiger partial charge on any atom is -0.508 e. The molecule has 0 radical (unpaired) electrons. The number of ether oxygens (including phenoxy) is 2. The summed E-state index contributed by atoms with van der Waals surface area (Å²) in [6, 6.07) is 8.33. The maximum atomic E-state index is 16.7. The maximum absolute atomic E-state index is 16.7. The number of halogens is 2. The Balaban J connectivity index is 1.27. The number of anilines is 1. The zero-order valence-electron chi connectivity index (χ0n) is 23.9. The van der Waals surface area contributed by atoms with E-state index in [-0.39, 0.29) is 35.7 Å². The number of alkyl halides is 1. The highest BCUT2D eigenvalue weighted by Gasteiger charge is 2.49. The van der Waals surface area contributed by atoms with Crippen LogP contribution < -0.4 is 9.64 Å². The molecule has 4 aliphatic heterocycles. The zero-order valence-corrected chi connectivity index (χ0v) is 23.9. The van der Waals surface area contributed by atoms with Gasteiger partial charge in [-0.15, -0.1) is 6.42 Å². The summed E-state index contributed by atoms with van der Waals surface area (Å²) in [5, 5.41) is 22.6. The molecule has 0 saturated carbocycles. The number of nitrogens with zero attached hydrogens (tertiary/aromatic N) is 5. The van der Waals surface area contributed by atoms with Crippen molar-refractivity contribution in [3.8, 4) is 35.4 Å². The molecule has 4 saturated heterocycles. The number of benzene rings is 2. The van der Waals surface area contributed by atoms with Gasteiger partial charge < -0.3 is 24.6 Å². The summed E-state index contributed by atoms with van der Waals surface area (Å²) in [5.41, 5.74) is 0.416. The quantitative estimate of drug-likeness (QED) is 0.330. The number of morpholine rings is 1. The van der Waals surface area contributed by atoms with Gasteiger partial charge in [-0.05, 0) is 43.0 Å². The van der Waals surface area contributed by atoms with E-state index in [1.165, 1.54) is 12.3 Å². The normalized spacial score (nSPS) is 28.1. The molecule has 8 rings (SSSR count). The largest absolute Gasteiger partial charge is 0.508 e. The molecule has 0 spiro atoms. The van der Waals surface area contributed by atoms with Gasteiger partial charge in [0.05, 0.1) is 23.1 Å². The Labute approximate surface area is 252 Å². The molecule has 6 heterocycles. The van der Waals surface area contributed by atoms with E-state index in [1.807, 2.05) is 4.90 Å². The first-order valence-corrected chi connectivity index (χ1v) is 15.0. The number of aromatic hydroxyl groups is 1. The first-order valence-electron chi connectivity index (χ1n) is 15.0. The fraction of sp³-hybridized carbons (Fsp3) is 0.424. The van der Waals surface area contributed by atoms with Crippen LogP contribution in [-0.4, -0.2) is 92.9 Å². The lowest BCUT2D eigenvalue weighted by Gasteiger charge is -2.34. The second-order valence-corrected chi connectivity index (χ2v) is 12.4. The van der Waals surface area contributed by atoms with Crippen LogP contribution in [0.2, 0.25) is 0 Å². The molecule has 2 bridgehead atoms. The van der Waals surface area contributed by atoms with Gasteiger partial charge in [-0.3, -0.25) is 9.88 Å². The number of terminal acetylenes is 1. The van der Waals surface area contributed by atoms with Gasteiger partial charge in [0.2, 0.25) is 0 Å². The molecule has 2 aromatic heterocycles. The van der Waals surface area contributed by atoms with Gasteiger partial charge >= 0.3 is 6.01 Å². The average Bonchev–Trinajstić information content (AvgIpc) is 3.63. The summed E-state index contributed by atoms with van der Waals surface area (Å²) >= 11 is 0. The predicted molar refractivity (Wildman–Crippen MR) is 160 cm³/mol. The fourth-order valence-corrected chi connectivity index (χ4v) is 7.69. The van der Waals surface area contributed by atoms with Gasteiger partial charge in [-0.2, -0.15) is 9.97 Å². The van der Waals surface area contributed by atoms with Crippen molar-refractivity contribution in [1.29, 1.82) is 0 Å². The van der Waals surface area contributed by atoms with Crippen molar-refractivity contribution in [1.82, 2.24) is 19.9 Å². The van der Waals surface area contributed by atoms with Gasteiger partial charge in [0.1, 0.15) is 41.7 Å². The highest BCUT2D eigenvalue weighted by atomic mass is 19.1. The SMILES string of the molecule is C#Cc1cccc2cc(O)cc(-c3ncc4c(N5C[C@H]6C[C@@H](O)[C@@H](C5)O6)nc(OC[C@@]56CCCN5C[C@H](F)C6)nc4c3F)c12. The van der Waals surface area contributed by atoms with E-state index >= 15 is 4.39 Å². The van der Waals surface area contributed by atoms with E-state index in [4.69, 9.17) is 20.9 Å². The molecule has 5 atom stereocenters. The van der Waals surface area contributed by atoms with Crippen LogP contribution in [0, 0.1) is 18.2 Å². The minimum atomic E-state index is -0.918. The number of aromatic nitrogens is 3. The van der Waals surface area contributed by atoms with Crippen molar-refractivity contribution in [2.75, 3.05) is 37.7 Å². The molecule has 11 heteroatoms. The predicted octanol–water partition coefficient (Wildman–Crippen LogP) is 3.96. The standard InChI is InChI=1S/C33H31F2N5O4/c1-2-18-5-3-6-19-9-21(41)10-23(27(18)19)29-28(35)30-24(13-36-29)31(39-15-22-11-25(42)26(16-39)44-22)38-32(37-30)43-17-33-7-4-8-40(33)14-20(34)12-33/h1,3,5-6,9-10,13,20,22,25-26,41-42H,4,7-8,11-12,14-17H2/t20-,22-,25-,26-,33+/m1/s1. The molecule has 2 aromatic carbocycles. The van der Waals surface area contributed by atoms with Crippen LogP contribution in [0.4, 0.5) is 14.6 Å². The molecular formula is C33H31F2N5O4. The molecule has 9 nitrogen and oxygen atoms in total. The van der Waals surface area contributed by atoms with E-state index < -0.39 is 29.7 Å². The Hall–Kier alpha value is -4.11. The van der Waals surface area contributed by atoms with E-state index in [9.17, 15) is 14.6 Å². The Morgan fingerprint density at radius 1 is 1.20 bits per heavy atom. The highest BCUT2D eigenvalue weighted by Crippen LogP contribution is 2.42. The van der Waals surface area contributed by atoms with Crippen molar-refractivity contribution >= 4 is 27.5 Å². The fourth-order valence-electron chi connectivity index (χ4n) is 7.69. The van der Waals surface area contributed by atoms with Crippen LogP contribution in [-0.2, 0) is 4.74 Å². The summed E-state index contributed by atoms with van der Waals surface area (Å²) in [7, 11) is 0. The summed E-state index contributed by atoms with van der Waals surface area (Å²) in [6.45, 7) is 2.19. The average molecular weight is 600 g/mol. The number of phenols is 1. The van der Waals surface area contributed by atoms with Crippen LogP contribution in [0.15, 0.2) is 36.5 Å². The second-order valence-electron chi connectivity index (χ2n) is 12.4. The molecule has 4 aliphatic rings. The van der Waals surface area contributed by atoms with Crippen molar-refractivity contribution in [2.45, 2.75) is 55.7 Å². The van der Waals surface area contributed by atoms with Crippen LogP contribution in [0.5, 0.6) is 11.8 Å². The summed E-state index contributed by atoms with van der Waals surface area (Å²) in [5.74, 6) is 2.31. The van der Waals surface area contributed by atoms with Crippen molar-refractivity contribution in [3.05, 3.63) is 47.9 Å². The van der Waals surface area contributed by atoms with Crippen LogP contribution in [0.1, 0.15) is 31.2 Å². The van der Waals surface area contributed by atoms with Gasteiger partial charge in [0, 0.05) is 55.2 Å². The van der Waals surface area contributed by atoms with Crippen LogP contribution in [0.3, 0.4) is 0 Å². The first kappa shape index (κ1) is 27.4. The first-order chi connectivity index (χ1) is 21.3. The van der Waals surface area contributed by atoms with E-state index in [0.29, 0.717) is 65.6 Å². The Bertz CT molecular complexity index is 1850. The smallest absolute Gasteiger partial charge is 0.319 e. The third-order valence-electron chi connectivity index (χ3n) is 9.67. The number of rotatable bonds is 5. The maximum Gasteiger partial charge on any atom is 0.319 e. The van der Waals surface area contributed by atoms with Gasteiger partial charge in [-0.1, -0.05) is 18.1 Å². The monoisotopic (exact) mass is 599 g/mol. The number of aliphatic hydroxyl groups is 1. The summed E-state index contributed by atoms with van der Waals surface area (Å²) in [6.07, 6.45) is 7.87. The lowest BCUT2D eigenvalue weighted by atomic mass is 9.95. The molecule has 0 aliphatic carbocycles. The number of phenolic OH excluding ortho intramolecular Hbond substituents is 1. The van der Waals surface area contributed by atoms with Gasteiger partial charge in [0.15, 0.2) is 5.82 Å². The number of pyridine rings is 1. The third-order valence-corrected chi connectivity index (χ3v) is 9.67. The highest BCUT2D eigenvalue weighted by molar-refractivity contribution is 6.02. The lowest BCUT2D eigenvalue weighted by molar-refractivity contribution is -0.000954. The molecule has 0 unspecified atom stereocenters. The molecule has 4 fully saturated rings. The van der Waals surface area contributed by atoms with Crippen molar-refractivity contribution < 1.29 is 28.5 Å². The van der Waals surface area contributed by atoms with E-state index in [2.05, 4.69) is 20.8 Å². The topological polar surface area (TPSA) is 104 Å². The molecule has 44 heavy (non-hydrogen) atoms. The summed E-state index contributed by atoms with van der Waals surface area (Å²) in [4.78, 5) is 17.9. The molecule has 226 valence electrons. The Kier molecular flexibility index (Phi) is 6.38. The molecule has 0 amide bonds. The Morgan fingerprint density at radius 3 is 2.93 bits per heavy atom. The third kappa shape index (κ3) is 4.35. The van der Waals surface area contributed by atoms with E-state index in [0.717, 1.165) is 19.4 Å². The number of hydrogen-bond donors (Lipinski definition) is 2. The molecule has 4 aromatic rings. The molecule has 2 N–H and O–H groups in total. The Morgan fingerprint density at radius 2 is 2.09 bits per heavy atom. The number of fused-ring (bicyclic) bond motifs is 5. The number of hydrogen-bond acceptors (Lipinski definition) is 9. The lowest BCUT2D eigenvalue weighted by Crippen LogP contribution is -2.45. The van der Waals surface area contributed by atoms with Crippen molar-refractivity contribution in [2.24, 2.45) is 0 Å². The summed E-state index contributed by atoms with van der Waals surface area (Å²) < 4.78 is 43.3. The molecular weight excluding hydrogens is 568 g/mol. The van der Waals surface area contributed by atoms with Gasteiger partial charge in [0.25, 0.3) is 0 Å². The van der Waals surface area contributed by atoms with E-state index in [1.54, 1.807) is 24.3 Å². The second kappa shape index (κ2) is 10.2.